The normalized spacial score (nSPS) is 14.7. The van der Waals surface area contributed by atoms with E-state index in [9.17, 15) is 29.9 Å². The highest BCUT2D eigenvalue weighted by Gasteiger charge is 2.68. The van der Waals surface area contributed by atoms with Gasteiger partial charge in [0.25, 0.3) is 0 Å². The van der Waals surface area contributed by atoms with Crippen LogP contribution in [-0.4, -0.2) is 44.2 Å². The first-order valence-electron chi connectivity index (χ1n) is 6.11. The van der Waals surface area contributed by atoms with Crippen LogP contribution in [0.15, 0.2) is 30.3 Å². The molecule has 0 spiro atoms. The highest BCUT2D eigenvalue weighted by Crippen LogP contribution is 2.40. The molecule has 0 aliphatic carbocycles. The topological polar surface area (TPSA) is 72.8 Å². The average Bonchev–Trinajstić information content (AvgIpc) is 2.47. The monoisotopic (exact) mass is 364 g/mol. The first kappa shape index (κ1) is 19.7. The molecule has 1 aromatic rings. The van der Waals surface area contributed by atoms with Crippen molar-refractivity contribution in [2.45, 2.75) is 24.1 Å². The number of aliphatic hydroxyl groups excluding tert-OH is 1. The van der Waals surface area contributed by atoms with E-state index in [1.165, 1.54) is 0 Å². The predicted molar refractivity (Wildman–Crippen MR) is 68.0 cm³/mol. The van der Waals surface area contributed by atoms with Gasteiger partial charge >= 0.3 is 21.6 Å². The largest absolute Gasteiger partial charge is 0.464 e. The molecule has 1 atom stereocenters. The van der Waals surface area contributed by atoms with E-state index in [2.05, 4.69) is 4.74 Å². The van der Waals surface area contributed by atoms with E-state index in [0.717, 1.165) is 0 Å². The molecule has 0 heterocycles. The second-order valence-electron chi connectivity index (χ2n) is 4.38. The van der Waals surface area contributed by atoms with Crippen LogP contribution < -0.4 is 0 Å². The first-order valence-corrected chi connectivity index (χ1v) is 7.50. The van der Waals surface area contributed by atoms with E-state index in [-0.39, 0.29) is 6.61 Å². The van der Waals surface area contributed by atoms with Gasteiger partial charge in [-0.1, -0.05) is 34.2 Å². The molecule has 11 heteroatoms. The number of rotatable bonds is 9. The van der Waals surface area contributed by atoms with E-state index in [1.807, 2.05) is 0 Å². The number of benzene rings is 1. The van der Waals surface area contributed by atoms with Crippen molar-refractivity contribution in [2.75, 3.05) is 13.2 Å². The van der Waals surface area contributed by atoms with Crippen LogP contribution in [0.1, 0.15) is 5.56 Å². The van der Waals surface area contributed by atoms with Gasteiger partial charge in [0, 0.05) is 0 Å². The van der Waals surface area contributed by atoms with E-state index < -0.39 is 40.9 Å². The molecule has 0 aromatic heterocycles. The zero-order valence-corrected chi connectivity index (χ0v) is 12.3. The van der Waals surface area contributed by atoms with Gasteiger partial charge in [-0.15, -0.1) is 0 Å². The second kappa shape index (κ2) is 7.51. The Kier molecular flexibility index (Phi) is 6.45. The molecule has 0 fully saturated rings. The van der Waals surface area contributed by atoms with Crippen LogP contribution in [0.5, 0.6) is 0 Å². The summed E-state index contributed by atoms with van der Waals surface area (Å²) in [5, 5.41) is 2.88. The van der Waals surface area contributed by atoms with Crippen molar-refractivity contribution in [2.24, 2.45) is 0 Å². The van der Waals surface area contributed by atoms with Crippen molar-refractivity contribution in [1.82, 2.24) is 0 Å². The number of alkyl halides is 4. The summed E-state index contributed by atoms with van der Waals surface area (Å²) >= 11 is 0. The molecule has 0 aliphatic rings. The molecule has 0 saturated carbocycles. The molecule has 1 aromatic carbocycles. The van der Waals surface area contributed by atoms with Gasteiger partial charge in [0.1, 0.15) is 6.10 Å². The van der Waals surface area contributed by atoms with Crippen LogP contribution in [0, 0.1) is 0 Å². The third-order valence-corrected chi connectivity index (χ3v) is 3.48. The lowest BCUT2D eigenvalue weighted by Gasteiger charge is -2.24. The summed E-state index contributed by atoms with van der Waals surface area (Å²) in [6.07, 6.45) is -7.07. The molecule has 0 saturated heterocycles. The summed E-state index contributed by atoms with van der Waals surface area (Å²) in [6, 6.07) is 8.26. The van der Waals surface area contributed by atoms with E-state index in [4.69, 9.17) is 9.84 Å². The minimum absolute atomic E-state index is 0.140. The molecule has 0 amide bonds. The summed E-state index contributed by atoms with van der Waals surface area (Å²) in [5.41, 5.74) is 0.606. The molecule has 1 rings (SSSR count). The lowest BCUT2D eigenvalue weighted by Crippen LogP contribution is -2.48. The summed E-state index contributed by atoms with van der Waals surface area (Å²) in [6.45, 7) is -2.28. The minimum atomic E-state index is -6.88. The molecule has 0 bridgehead atoms. The van der Waals surface area contributed by atoms with Gasteiger partial charge in [0.2, 0.25) is 0 Å². The molecule has 0 radical (unpaired) electrons. The van der Waals surface area contributed by atoms with Crippen molar-refractivity contribution in [3.8, 4) is 0 Å². The van der Waals surface area contributed by atoms with Gasteiger partial charge in [-0.3, -0.25) is 0 Å². The van der Waals surface area contributed by atoms with Crippen molar-refractivity contribution in [1.29, 1.82) is 0 Å². The van der Waals surface area contributed by atoms with Crippen LogP contribution in [0.2, 0.25) is 0 Å². The maximum Gasteiger partial charge on any atom is 0.464 e. The number of aliphatic hydroxyl groups is 1. The lowest BCUT2D eigenvalue weighted by atomic mass is 10.2. The first-order chi connectivity index (χ1) is 10.5. The van der Waals surface area contributed by atoms with Crippen LogP contribution in [0.3, 0.4) is 0 Å². The van der Waals surface area contributed by atoms with Gasteiger partial charge in [0.15, 0.2) is 0 Å². The van der Waals surface area contributed by atoms with Crippen molar-refractivity contribution < 1.29 is 44.4 Å². The van der Waals surface area contributed by atoms with E-state index >= 15 is 0 Å². The SMILES string of the molecule is O=S(=O)(F)C(F)(F)C(F)(F)OCC(CO)OCc1ccccc1. The Hall–Kier alpha value is -1.30. The Balaban J connectivity index is 2.63. The fraction of sp³-hybridized carbons (Fsp3) is 0.500. The fourth-order valence-electron chi connectivity index (χ4n) is 1.37. The highest BCUT2D eigenvalue weighted by molar-refractivity contribution is 7.87. The predicted octanol–water partition coefficient (Wildman–Crippen LogP) is 2.07. The molecule has 1 N–H and O–H groups in total. The van der Waals surface area contributed by atoms with Crippen molar-refractivity contribution in [3.05, 3.63) is 35.9 Å². The molecular formula is C12H13F5O5S. The maximum absolute atomic E-state index is 13.0. The van der Waals surface area contributed by atoms with Crippen LogP contribution in [0.4, 0.5) is 21.4 Å². The number of hydrogen-bond donors (Lipinski definition) is 1. The second-order valence-corrected chi connectivity index (χ2v) is 5.77. The number of ether oxygens (including phenoxy) is 2. The fourth-order valence-corrected chi connectivity index (χ4v) is 1.71. The van der Waals surface area contributed by atoms with Crippen LogP contribution >= 0.6 is 0 Å². The van der Waals surface area contributed by atoms with Gasteiger partial charge in [-0.25, -0.2) is 0 Å². The third-order valence-electron chi connectivity index (χ3n) is 2.63. The lowest BCUT2D eigenvalue weighted by molar-refractivity contribution is -0.325. The Morgan fingerprint density at radius 1 is 1.13 bits per heavy atom. The molecule has 0 aliphatic heterocycles. The van der Waals surface area contributed by atoms with Gasteiger partial charge in [0.05, 0.1) is 19.8 Å². The smallest absolute Gasteiger partial charge is 0.394 e. The summed E-state index contributed by atoms with van der Waals surface area (Å²) in [4.78, 5) is 0. The average molecular weight is 364 g/mol. The van der Waals surface area contributed by atoms with Gasteiger partial charge in [-0.2, -0.15) is 26.0 Å². The Morgan fingerprint density at radius 3 is 2.17 bits per heavy atom. The maximum atomic E-state index is 13.0. The van der Waals surface area contributed by atoms with E-state index in [1.54, 1.807) is 30.3 Å². The standard InChI is InChI=1S/C12H13F5O5S/c13-11(14,12(15,16)23(17,19)20)22-8-10(6-18)21-7-9-4-2-1-3-5-9/h1-5,10,18H,6-8H2. The summed E-state index contributed by atoms with van der Waals surface area (Å²) in [7, 11) is -6.88. The van der Waals surface area contributed by atoms with Gasteiger partial charge < -0.3 is 14.6 Å². The van der Waals surface area contributed by atoms with Crippen molar-refractivity contribution in [3.63, 3.8) is 0 Å². The summed E-state index contributed by atoms with van der Waals surface area (Å²) < 4.78 is 92.4. The Labute approximate surface area is 128 Å². The van der Waals surface area contributed by atoms with Crippen LogP contribution in [0.25, 0.3) is 0 Å². The van der Waals surface area contributed by atoms with E-state index in [0.29, 0.717) is 5.56 Å². The summed E-state index contributed by atoms with van der Waals surface area (Å²) in [5.74, 6) is 0. The number of halogens is 5. The Morgan fingerprint density at radius 2 is 1.70 bits per heavy atom. The van der Waals surface area contributed by atoms with Gasteiger partial charge in [-0.05, 0) is 5.56 Å². The molecular weight excluding hydrogens is 351 g/mol. The third kappa shape index (κ3) is 5.09. The van der Waals surface area contributed by atoms with Crippen LogP contribution in [-0.2, 0) is 26.3 Å². The quantitative estimate of drug-likeness (QED) is 0.536. The Bertz CT molecular complexity index is 593. The zero-order valence-electron chi connectivity index (χ0n) is 11.5. The zero-order chi connectivity index (χ0) is 17.7. The molecule has 132 valence electrons. The highest BCUT2D eigenvalue weighted by atomic mass is 32.3. The molecule has 5 nitrogen and oxygen atoms in total. The molecule has 1 unspecified atom stereocenters. The van der Waals surface area contributed by atoms with Crippen molar-refractivity contribution >= 4 is 10.2 Å². The molecule has 23 heavy (non-hydrogen) atoms. The number of hydrogen-bond acceptors (Lipinski definition) is 5. The minimum Gasteiger partial charge on any atom is -0.394 e.